The fraction of sp³-hybridized carbons (Fsp3) is 0. The van der Waals surface area contributed by atoms with Gasteiger partial charge >= 0.3 is 0 Å². The van der Waals surface area contributed by atoms with E-state index in [1.807, 2.05) is 11.3 Å². The third-order valence-electron chi connectivity index (χ3n) is 6.46. The molecular formula is C30H18S. The molecule has 7 rings (SSSR count). The Morgan fingerprint density at radius 1 is 0.387 bits per heavy atom. The smallest absolute Gasteiger partial charge is 0.0361 e. The minimum absolute atomic E-state index is 1.28. The Morgan fingerprint density at radius 3 is 1.65 bits per heavy atom. The molecule has 1 heterocycles. The lowest BCUT2D eigenvalue weighted by Gasteiger charge is -2.12. The Labute approximate surface area is 184 Å². The van der Waals surface area contributed by atoms with E-state index in [0.717, 1.165) is 0 Å². The monoisotopic (exact) mass is 410 g/mol. The molecule has 0 atom stereocenters. The second-order valence-electron chi connectivity index (χ2n) is 8.13. The molecule has 0 N–H and O–H groups in total. The zero-order valence-electron chi connectivity index (χ0n) is 16.8. The molecule has 0 amide bonds. The highest BCUT2D eigenvalue weighted by molar-refractivity contribution is 7.25. The molecule has 0 aliphatic carbocycles. The van der Waals surface area contributed by atoms with Crippen LogP contribution in [0, 0.1) is 0 Å². The highest BCUT2D eigenvalue weighted by atomic mass is 32.1. The van der Waals surface area contributed by atoms with Gasteiger partial charge in [0.05, 0.1) is 0 Å². The molecule has 0 nitrogen and oxygen atoms in total. The van der Waals surface area contributed by atoms with E-state index in [1.165, 1.54) is 63.6 Å². The van der Waals surface area contributed by atoms with Crippen molar-refractivity contribution in [2.24, 2.45) is 0 Å². The van der Waals surface area contributed by atoms with Gasteiger partial charge in [-0.25, -0.2) is 0 Å². The summed E-state index contributed by atoms with van der Waals surface area (Å²) in [6.07, 6.45) is 0. The molecule has 0 fully saturated rings. The van der Waals surface area contributed by atoms with Gasteiger partial charge in [-0.15, -0.1) is 11.3 Å². The van der Waals surface area contributed by atoms with Crippen molar-refractivity contribution in [2.45, 2.75) is 0 Å². The Balaban J connectivity index is 1.62. The van der Waals surface area contributed by atoms with Crippen LogP contribution >= 0.6 is 11.3 Å². The van der Waals surface area contributed by atoms with E-state index < -0.39 is 0 Å². The first-order valence-corrected chi connectivity index (χ1v) is 11.4. The summed E-state index contributed by atoms with van der Waals surface area (Å²) in [6.45, 7) is 0. The molecule has 0 bridgehead atoms. The van der Waals surface area contributed by atoms with Crippen molar-refractivity contribution in [1.82, 2.24) is 0 Å². The number of rotatable bonds is 1. The summed E-state index contributed by atoms with van der Waals surface area (Å²) in [5.41, 5.74) is 2.59. The molecule has 0 saturated carbocycles. The summed E-state index contributed by atoms with van der Waals surface area (Å²) in [5, 5.41) is 10.6. The van der Waals surface area contributed by atoms with E-state index in [-0.39, 0.29) is 0 Å². The first kappa shape index (κ1) is 17.0. The van der Waals surface area contributed by atoms with Crippen LogP contribution in [0.5, 0.6) is 0 Å². The standard InChI is InChI=1S/C30H18S/c1-2-10-23-21(8-1)22-9-3-4-11-24(22)27-18-19(16-17-25(23)27)20-13-7-15-29-30(20)26-12-5-6-14-28(26)31-29/h1-18H. The number of fused-ring (bicyclic) bond motifs is 9. The van der Waals surface area contributed by atoms with Gasteiger partial charge in [-0.1, -0.05) is 91.0 Å². The lowest BCUT2D eigenvalue weighted by Crippen LogP contribution is -1.85. The summed E-state index contributed by atoms with van der Waals surface area (Å²) in [5.74, 6) is 0. The van der Waals surface area contributed by atoms with Gasteiger partial charge in [0.2, 0.25) is 0 Å². The van der Waals surface area contributed by atoms with Crippen molar-refractivity contribution in [1.29, 1.82) is 0 Å². The van der Waals surface area contributed by atoms with Crippen LogP contribution in [0.4, 0.5) is 0 Å². The van der Waals surface area contributed by atoms with E-state index in [0.29, 0.717) is 0 Å². The SMILES string of the molecule is c1ccc2c(c1)sc1cccc(-c3ccc4c5ccccc5c5ccccc5c4c3)c12. The van der Waals surface area contributed by atoms with Gasteiger partial charge in [-0.2, -0.15) is 0 Å². The van der Waals surface area contributed by atoms with E-state index in [4.69, 9.17) is 0 Å². The minimum Gasteiger partial charge on any atom is -0.135 e. The van der Waals surface area contributed by atoms with E-state index in [9.17, 15) is 0 Å². The fourth-order valence-electron chi connectivity index (χ4n) is 5.09. The van der Waals surface area contributed by atoms with Crippen molar-refractivity contribution >= 4 is 63.8 Å². The molecule has 0 saturated heterocycles. The maximum atomic E-state index is 2.39. The highest BCUT2D eigenvalue weighted by Gasteiger charge is 2.13. The lowest BCUT2D eigenvalue weighted by molar-refractivity contribution is 1.72. The topological polar surface area (TPSA) is 0 Å². The first-order chi connectivity index (χ1) is 15.4. The maximum absolute atomic E-state index is 2.39. The summed E-state index contributed by atoms with van der Waals surface area (Å²) < 4.78 is 2.70. The number of thiophene rings is 1. The summed E-state index contributed by atoms with van der Waals surface area (Å²) in [7, 11) is 0. The lowest BCUT2D eigenvalue weighted by atomic mass is 9.91. The molecule has 0 radical (unpaired) electrons. The van der Waals surface area contributed by atoms with Crippen molar-refractivity contribution < 1.29 is 0 Å². The largest absolute Gasteiger partial charge is 0.135 e. The number of hydrogen-bond acceptors (Lipinski definition) is 1. The van der Waals surface area contributed by atoms with Crippen LogP contribution in [-0.2, 0) is 0 Å². The predicted molar refractivity (Wildman–Crippen MR) is 137 cm³/mol. The Morgan fingerprint density at radius 2 is 0.935 bits per heavy atom. The van der Waals surface area contributed by atoms with Gasteiger partial charge in [-0.05, 0) is 61.6 Å². The van der Waals surface area contributed by atoms with Gasteiger partial charge in [0.1, 0.15) is 0 Å². The quantitative estimate of drug-likeness (QED) is 0.237. The van der Waals surface area contributed by atoms with Crippen LogP contribution < -0.4 is 0 Å². The number of benzene rings is 6. The van der Waals surface area contributed by atoms with Gasteiger partial charge in [0, 0.05) is 20.2 Å². The third kappa shape index (κ3) is 2.41. The molecule has 0 spiro atoms. The normalized spacial score (nSPS) is 11.9. The molecule has 144 valence electrons. The summed E-state index contributed by atoms with van der Waals surface area (Å²) in [6, 6.07) is 40.0. The molecular weight excluding hydrogens is 392 g/mol. The molecule has 7 aromatic rings. The van der Waals surface area contributed by atoms with Crippen molar-refractivity contribution in [2.75, 3.05) is 0 Å². The summed E-state index contributed by atoms with van der Waals surface area (Å²) >= 11 is 1.88. The molecule has 31 heavy (non-hydrogen) atoms. The Kier molecular flexibility index (Phi) is 3.52. The van der Waals surface area contributed by atoms with Crippen LogP contribution in [0.3, 0.4) is 0 Å². The number of hydrogen-bond donors (Lipinski definition) is 0. The molecule has 1 aromatic heterocycles. The van der Waals surface area contributed by atoms with Gasteiger partial charge < -0.3 is 0 Å². The van der Waals surface area contributed by atoms with Gasteiger partial charge in [-0.3, -0.25) is 0 Å². The van der Waals surface area contributed by atoms with Crippen LogP contribution in [0.25, 0.3) is 63.6 Å². The molecule has 6 aromatic carbocycles. The van der Waals surface area contributed by atoms with E-state index in [2.05, 4.69) is 109 Å². The van der Waals surface area contributed by atoms with Gasteiger partial charge in [0.25, 0.3) is 0 Å². The Hall–Kier alpha value is -3.68. The molecule has 1 heteroatoms. The van der Waals surface area contributed by atoms with Crippen LogP contribution in [0.15, 0.2) is 109 Å². The molecule has 0 aliphatic rings. The second kappa shape index (κ2) is 6.41. The van der Waals surface area contributed by atoms with E-state index >= 15 is 0 Å². The van der Waals surface area contributed by atoms with Crippen LogP contribution in [0.2, 0.25) is 0 Å². The van der Waals surface area contributed by atoms with Crippen molar-refractivity contribution in [3.63, 3.8) is 0 Å². The average Bonchev–Trinajstić information content (AvgIpc) is 3.23. The molecule has 0 unspecified atom stereocenters. The summed E-state index contributed by atoms with van der Waals surface area (Å²) in [4.78, 5) is 0. The molecule has 0 aliphatic heterocycles. The van der Waals surface area contributed by atoms with E-state index in [1.54, 1.807) is 0 Å². The van der Waals surface area contributed by atoms with Crippen molar-refractivity contribution in [3.05, 3.63) is 109 Å². The minimum atomic E-state index is 1.28. The fourth-order valence-corrected chi connectivity index (χ4v) is 6.22. The predicted octanol–water partition coefficient (Wildman–Crippen LogP) is 9.18. The zero-order chi connectivity index (χ0) is 20.4. The third-order valence-corrected chi connectivity index (χ3v) is 7.59. The average molecular weight is 411 g/mol. The first-order valence-electron chi connectivity index (χ1n) is 10.6. The van der Waals surface area contributed by atoms with Crippen LogP contribution in [-0.4, -0.2) is 0 Å². The van der Waals surface area contributed by atoms with Crippen LogP contribution in [0.1, 0.15) is 0 Å². The highest BCUT2D eigenvalue weighted by Crippen LogP contribution is 2.42. The Bertz CT molecular complexity index is 1750. The maximum Gasteiger partial charge on any atom is 0.0361 e. The van der Waals surface area contributed by atoms with Gasteiger partial charge in [0.15, 0.2) is 0 Å². The zero-order valence-corrected chi connectivity index (χ0v) is 17.6. The van der Waals surface area contributed by atoms with Crippen molar-refractivity contribution in [3.8, 4) is 11.1 Å². The second-order valence-corrected chi connectivity index (χ2v) is 9.21.